The average Bonchev–Trinajstić information content (AvgIpc) is 3.15. The molecule has 1 aromatic carbocycles. The molecule has 106 valence electrons. The summed E-state index contributed by atoms with van der Waals surface area (Å²) in [6.07, 6.45) is 0. The van der Waals surface area contributed by atoms with Gasteiger partial charge in [0.25, 0.3) is 0 Å². The third kappa shape index (κ3) is 3.08. The van der Waals surface area contributed by atoms with Crippen LogP contribution in [-0.2, 0) is 0 Å². The first kappa shape index (κ1) is 13.7. The van der Waals surface area contributed by atoms with Crippen molar-refractivity contribution in [1.29, 1.82) is 0 Å². The maximum atomic E-state index is 4.65. The largest absolute Gasteiger partial charge is 0.244 e. The number of aliphatic imine (C=N–C) groups is 1. The number of aromatic nitrogens is 2. The highest BCUT2D eigenvalue weighted by Gasteiger charge is 2.15. The van der Waals surface area contributed by atoms with E-state index in [1.807, 2.05) is 44.2 Å². The van der Waals surface area contributed by atoms with Crippen molar-refractivity contribution in [3.05, 3.63) is 47.3 Å². The highest BCUT2D eigenvalue weighted by atomic mass is 32.2. The summed E-state index contributed by atoms with van der Waals surface area (Å²) in [7, 11) is 0. The van der Waals surface area contributed by atoms with E-state index in [9.17, 15) is 0 Å². The van der Waals surface area contributed by atoms with Crippen molar-refractivity contribution in [2.45, 2.75) is 13.8 Å². The Morgan fingerprint density at radius 3 is 2.76 bits per heavy atom. The highest BCUT2D eigenvalue weighted by molar-refractivity contribution is 8.15. The van der Waals surface area contributed by atoms with Gasteiger partial charge in [-0.3, -0.25) is 0 Å². The van der Waals surface area contributed by atoms with Gasteiger partial charge in [0.05, 0.1) is 11.4 Å². The van der Waals surface area contributed by atoms with Gasteiger partial charge in [-0.25, -0.2) is 9.62 Å². The van der Waals surface area contributed by atoms with Crippen molar-refractivity contribution in [2.24, 2.45) is 15.2 Å². The van der Waals surface area contributed by atoms with Crippen molar-refractivity contribution in [1.82, 2.24) is 10.3 Å². The fourth-order valence-corrected chi connectivity index (χ4v) is 2.64. The summed E-state index contributed by atoms with van der Waals surface area (Å²) in [6.45, 7) is 3.63. The lowest BCUT2D eigenvalue weighted by Gasteiger charge is -1.96. The zero-order valence-electron chi connectivity index (χ0n) is 11.6. The third-order valence-corrected chi connectivity index (χ3v) is 3.81. The van der Waals surface area contributed by atoms with Gasteiger partial charge in [-0.15, -0.1) is 5.10 Å². The molecule has 0 unspecified atom stereocenters. The monoisotopic (exact) mass is 299 g/mol. The van der Waals surface area contributed by atoms with E-state index in [4.69, 9.17) is 0 Å². The summed E-state index contributed by atoms with van der Waals surface area (Å²) >= 11 is 1.57. The molecule has 7 heteroatoms. The van der Waals surface area contributed by atoms with Gasteiger partial charge in [0.15, 0.2) is 5.69 Å². The van der Waals surface area contributed by atoms with E-state index in [2.05, 4.69) is 30.1 Å². The van der Waals surface area contributed by atoms with Gasteiger partial charge in [-0.05, 0) is 24.6 Å². The Kier molecular flexibility index (Phi) is 3.92. The highest BCUT2D eigenvalue weighted by Crippen LogP contribution is 2.19. The minimum atomic E-state index is 0.620. The molecule has 1 aromatic heterocycles. The number of nitrogens with zero attached hydrogens (tertiary/aromatic N) is 5. The zero-order chi connectivity index (χ0) is 14.7. The van der Waals surface area contributed by atoms with Crippen molar-refractivity contribution >= 4 is 28.4 Å². The van der Waals surface area contributed by atoms with E-state index in [1.54, 1.807) is 11.8 Å². The Hall–Kier alpha value is -2.28. The van der Waals surface area contributed by atoms with Gasteiger partial charge >= 0.3 is 0 Å². The van der Waals surface area contributed by atoms with Gasteiger partial charge in [0.2, 0.25) is 5.17 Å². The van der Waals surface area contributed by atoms with Crippen LogP contribution in [0, 0.1) is 6.92 Å². The summed E-state index contributed by atoms with van der Waals surface area (Å²) in [5.41, 5.74) is 4.11. The molecule has 1 aliphatic rings. The molecule has 6 nitrogen and oxygen atoms in total. The second kappa shape index (κ2) is 6.01. The van der Waals surface area contributed by atoms with Crippen LogP contribution in [0.4, 0.5) is 0 Å². The van der Waals surface area contributed by atoms with Crippen molar-refractivity contribution in [3.63, 3.8) is 0 Å². The standard InChI is InChI=1S/C14H13N5OS/c1-9(13-10(2)18-20-19-13)16-17-14-15-12(8-21-14)11-6-4-3-5-7-11/h3-7H,8H2,1-2H3/b16-9-,17-14-. The molecule has 0 radical (unpaired) electrons. The van der Waals surface area contributed by atoms with Crippen molar-refractivity contribution in [2.75, 3.05) is 5.75 Å². The Bertz CT molecular complexity index is 733. The SMILES string of the molecule is C/C(=N/N=C1/N=C(c2ccccc2)CS1)c1nonc1C. The van der Waals surface area contributed by atoms with Gasteiger partial charge in [-0.1, -0.05) is 47.3 Å². The van der Waals surface area contributed by atoms with Crippen LogP contribution < -0.4 is 0 Å². The molecule has 0 aliphatic carbocycles. The fourth-order valence-electron chi connectivity index (χ4n) is 1.87. The number of thioether (sulfide) groups is 1. The predicted octanol–water partition coefficient (Wildman–Crippen LogP) is 2.69. The Labute approximate surface area is 126 Å². The maximum absolute atomic E-state index is 4.65. The van der Waals surface area contributed by atoms with Gasteiger partial charge in [0.1, 0.15) is 5.69 Å². The minimum Gasteiger partial charge on any atom is -0.244 e. The molecule has 21 heavy (non-hydrogen) atoms. The maximum Gasteiger partial charge on any atom is 0.209 e. The van der Waals surface area contributed by atoms with E-state index >= 15 is 0 Å². The molecule has 0 bridgehead atoms. The number of hydrogen-bond acceptors (Lipinski definition) is 6. The van der Waals surface area contributed by atoms with Crippen LogP contribution >= 0.6 is 11.8 Å². The predicted molar refractivity (Wildman–Crippen MR) is 84.1 cm³/mol. The van der Waals surface area contributed by atoms with E-state index in [1.165, 1.54) is 0 Å². The fraction of sp³-hybridized carbons (Fsp3) is 0.214. The molecule has 0 fully saturated rings. The molecule has 0 saturated heterocycles. The van der Waals surface area contributed by atoms with Crippen molar-refractivity contribution in [3.8, 4) is 0 Å². The lowest BCUT2D eigenvalue weighted by atomic mass is 10.1. The molecule has 2 heterocycles. The van der Waals surface area contributed by atoms with Crippen LogP contribution in [0.15, 0.2) is 50.2 Å². The lowest BCUT2D eigenvalue weighted by Crippen LogP contribution is -1.98. The first-order valence-electron chi connectivity index (χ1n) is 6.41. The van der Waals surface area contributed by atoms with Crippen LogP contribution in [0.3, 0.4) is 0 Å². The van der Waals surface area contributed by atoms with E-state index in [-0.39, 0.29) is 0 Å². The number of amidine groups is 1. The molecular formula is C14H13N5OS. The normalized spacial score (nSPS) is 17.3. The molecular weight excluding hydrogens is 286 g/mol. The average molecular weight is 299 g/mol. The number of aryl methyl sites for hydroxylation is 1. The topological polar surface area (TPSA) is 76.0 Å². The Morgan fingerprint density at radius 2 is 2.05 bits per heavy atom. The molecule has 0 saturated carbocycles. The molecule has 0 N–H and O–H groups in total. The van der Waals surface area contributed by atoms with Crippen LogP contribution in [0.25, 0.3) is 0 Å². The van der Waals surface area contributed by atoms with E-state index in [0.717, 1.165) is 17.0 Å². The summed E-state index contributed by atoms with van der Waals surface area (Å²) < 4.78 is 4.65. The van der Waals surface area contributed by atoms with Gasteiger partial charge in [0, 0.05) is 5.75 Å². The van der Waals surface area contributed by atoms with Crippen LogP contribution in [-0.4, -0.2) is 32.7 Å². The van der Waals surface area contributed by atoms with Gasteiger partial charge < -0.3 is 0 Å². The van der Waals surface area contributed by atoms with Crippen molar-refractivity contribution < 1.29 is 4.63 Å². The molecule has 0 amide bonds. The van der Waals surface area contributed by atoms with Crippen LogP contribution in [0.2, 0.25) is 0 Å². The Morgan fingerprint density at radius 1 is 1.24 bits per heavy atom. The molecule has 2 aromatic rings. The van der Waals surface area contributed by atoms with Gasteiger partial charge in [-0.2, -0.15) is 5.10 Å². The quantitative estimate of drug-likeness (QED) is 0.645. The van der Waals surface area contributed by atoms with E-state index in [0.29, 0.717) is 22.3 Å². The second-order valence-corrected chi connectivity index (χ2v) is 5.42. The first-order chi connectivity index (χ1) is 10.2. The smallest absolute Gasteiger partial charge is 0.209 e. The number of rotatable bonds is 3. The van der Waals surface area contributed by atoms with Crippen LogP contribution in [0.5, 0.6) is 0 Å². The summed E-state index contributed by atoms with van der Waals surface area (Å²) in [5.74, 6) is 0.807. The summed E-state index contributed by atoms with van der Waals surface area (Å²) in [5, 5.41) is 16.5. The minimum absolute atomic E-state index is 0.620. The zero-order valence-corrected chi connectivity index (χ0v) is 12.5. The molecule has 3 rings (SSSR count). The Balaban J connectivity index is 1.80. The van der Waals surface area contributed by atoms with E-state index < -0.39 is 0 Å². The molecule has 0 atom stereocenters. The molecule has 0 spiro atoms. The lowest BCUT2D eigenvalue weighted by molar-refractivity contribution is 0.304. The third-order valence-electron chi connectivity index (χ3n) is 2.96. The van der Waals surface area contributed by atoms with Crippen LogP contribution in [0.1, 0.15) is 23.9 Å². The summed E-state index contributed by atoms with van der Waals surface area (Å²) in [4.78, 5) is 4.50. The first-order valence-corrected chi connectivity index (χ1v) is 7.40. The second-order valence-electron chi connectivity index (χ2n) is 4.48. The number of benzene rings is 1. The number of hydrogen-bond donors (Lipinski definition) is 0. The molecule has 1 aliphatic heterocycles. The summed E-state index contributed by atoms with van der Waals surface area (Å²) in [6, 6.07) is 10.1.